The first-order chi connectivity index (χ1) is 20.4. The number of methoxy groups -OCH3 is 2. The van der Waals surface area contributed by atoms with Gasteiger partial charge in [0.2, 0.25) is 11.8 Å². The highest BCUT2D eigenvalue weighted by molar-refractivity contribution is 7.92. The van der Waals surface area contributed by atoms with Gasteiger partial charge in [-0.15, -0.1) is 0 Å². The van der Waals surface area contributed by atoms with Crippen LogP contribution in [0.15, 0.2) is 71.6 Å². The minimum atomic E-state index is -4.26. The fraction of sp³-hybridized carbons (Fsp3) is 0.394. The summed E-state index contributed by atoms with van der Waals surface area (Å²) < 4.78 is 40.1. The van der Waals surface area contributed by atoms with Crippen molar-refractivity contribution in [3.8, 4) is 11.5 Å². The third kappa shape index (κ3) is 8.50. The Labute approximate surface area is 255 Å². The van der Waals surface area contributed by atoms with Gasteiger partial charge in [-0.1, -0.05) is 68.3 Å². The van der Waals surface area contributed by atoms with Crippen LogP contribution in [0.1, 0.15) is 43.9 Å². The maximum absolute atomic E-state index is 14.2. The van der Waals surface area contributed by atoms with Crippen molar-refractivity contribution in [1.82, 2.24) is 10.2 Å². The third-order valence-electron chi connectivity index (χ3n) is 7.09. The van der Waals surface area contributed by atoms with Crippen LogP contribution < -0.4 is 19.1 Å². The fourth-order valence-corrected chi connectivity index (χ4v) is 6.01. The maximum Gasteiger partial charge on any atom is 0.264 e. The molecule has 0 spiro atoms. The summed E-state index contributed by atoms with van der Waals surface area (Å²) in [4.78, 5) is 29.0. The lowest BCUT2D eigenvalue weighted by atomic mass is 10.1. The first-order valence-corrected chi connectivity index (χ1v) is 15.8. The number of carbonyl (C=O) groups excluding carboxylic acids is 2. The Bertz CT molecular complexity index is 1490. The first kappa shape index (κ1) is 33.5. The van der Waals surface area contributed by atoms with Gasteiger partial charge in [0, 0.05) is 19.2 Å². The van der Waals surface area contributed by atoms with Crippen molar-refractivity contribution in [2.24, 2.45) is 5.92 Å². The summed E-state index contributed by atoms with van der Waals surface area (Å²) in [6, 6.07) is 18.1. The Morgan fingerprint density at radius 2 is 1.44 bits per heavy atom. The normalized spacial score (nSPS) is 12.0. The molecule has 0 aromatic heterocycles. The van der Waals surface area contributed by atoms with E-state index in [-0.39, 0.29) is 29.0 Å². The molecule has 1 atom stereocenters. The Morgan fingerprint density at radius 1 is 0.860 bits per heavy atom. The number of rotatable bonds is 14. The Hall–Kier alpha value is -4.05. The van der Waals surface area contributed by atoms with Crippen LogP contribution in [0.25, 0.3) is 0 Å². The van der Waals surface area contributed by atoms with E-state index < -0.39 is 28.5 Å². The number of hydrogen-bond acceptors (Lipinski definition) is 6. The van der Waals surface area contributed by atoms with Gasteiger partial charge in [0.05, 0.1) is 24.8 Å². The van der Waals surface area contributed by atoms with Gasteiger partial charge in [-0.05, 0) is 56.0 Å². The van der Waals surface area contributed by atoms with E-state index >= 15 is 0 Å². The van der Waals surface area contributed by atoms with E-state index in [1.54, 1.807) is 24.3 Å². The molecule has 1 unspecified atom stereocenters. The van der Waals surface area contributed by atoms with Crippen molar-refractivity contribution in [3.05, 3.63) is 83.4 Å². The smallest absolute Gasteiger partial charge is 0.264 e. The van der Waals surface area contributed by atoms with Gasteiger partial charge in [-0.3, -0.25) is 13.9 Å². The lowest BCUT2D eigenvalue weighted by Gasteiger charge is -2.33. The number of hydrogen-bond donors (Lipinski definition) is 1. The Balaban J connectivity index is 2.08. The van der Waals surface area contributed by atoms with Gasteiger partial charge in [-0.2, -0.15) is 0 Å². The highest BCUT2D eigenvalue weighted by Crippen LogP contribution is 2.32. The van der Waals surface area contributed by atoms with Gasteiger partial charge < -0.3 is 19.7 Å². The molecule has 9 nitrogen and oxygen atoms in total. The van der Waals surface area contributed by atoms with E-state index in [0.717, 1.165) is 21.0 Å². The van der Waals surface area contributed by atoms with Crippen LogP contribution in [0.2, 0.25) is 0 Å². The molecule has 43 heavy (non-hydrogen) atoms. The topological polar surface area (TPSA) is 105 Å². The van der Waals surface area contributed by atoms with E-state index in [2.05, 4.69) is 5.32 Å². The Kier molecular flexibility index (Phi) is 11.6. The molecule has 232 valence electrons. The number of ether oxygens (including phenoxy) is 2. The van der Waals surface area contributed by atoms with Crippen LogP contribution in [-0.2, 0) is 26.2 Å². The molecule has 1 N–H and O–H groups in total. The van der Waals surface area contributed by atoms with E-state index in [0.29, 0.717) is 24.4 Å². The standard InChI is InChI=1S/C33H43N3O6S/c1-8-29(33(38)34-20-23(2)3)35(21-26-13-9-24(4)10-14-26)32(37)22-36(27-15-11-25(5)12-16-27)43(39,40)28-17-18-30(41-6)31(19-28)42-7/h9-19,23,29H,8,20-22H2,1-7H3,(H,34,38). The molecule has 0 radical (unpaired) electrons. The minimum Gasteiger partial charge on any atom is -0.493 e. The number of aryl methyl sites for hydroxylation is 2. The Morgan fingerprint density at radius 3 is 1.98 bits per heavy atom. The summed E-state index contributed by atoms with van der Waals surface area (Å²) in [5.74, 6) is 0.0684. The van der Waals surface area contributed by atoms with E-state index in [9.17, 15) is 18.0 Å². The summed E-state index contributed by atoms with van der Waals surface area (Å²) in [6.45, 7) is 9.79. The average molecular weight is 610 g/mol. The molecule has 0 aliphatic rings. The van der Waals surface area contributed by atoms with Gasteiger partial charge in [0.1, 0.15) is 12.6 Å². The van der Waals surface area contributed by atoms with Crippen molar-refractivity contribution in [3.63, 3.8) is 0 Å². The number of nitrogens with zero attached hydrogens (tertiary/aromatic N) is 2. The summed E-state index contributed by atoms with van der Waals surface area (Å²) in [5, 5.41) is 2.94. The molecular weight excluding hydrogens is 566 g/mol. The number of carbonyl (C=O) groups is 2. The maximum atomic E-state index is 14.2. The molecule has 0 aliphatic carbocycles. The van der Waals surface area contributed by atoms with Crippen LogP contribution in [0.4, 0.5) is 5.69 Å². The predicted octanol–water partition coefficient (Wildman–Crippen LogP) is 5.10. The average Bonchev–Trinajstić information content (AvgIpc) is 2.99. The molecule has 10 heteroatoms. The molecule has 0 saturated heterocycles. The lowest BCUT2D eigenvalue weighted by molar-refractivity contribution is -0.140. The molecule has 2 amide bonds. The van der Waals surface area contributed by atoms with Crippen LogP contribution >= 0.6 is 0 Å². The number of sulfonamides is 1. The van der Waals surface area contributed by atoms with Crippen molar-refractivity contribution >= 4 is 27.5 Å². The summed E-state index contributed by atoms with van der Waals surface area (Å²) >= 11 is 0. The molecule has 0 aliphatic heterocycles. The summed E-state index contributed by atoms with van der Waals surface area (Å²) in [7, 11) is -1.37. The number of benzene rings is 3. The SMILES string of the molecule is CCC(C(=O)NCC(C)C)N(Cc1ccc(C)cc1)C(=O)CN(c1ccc(C)cc1)S(=O)(=O)c1ccc(OC)c(OC)c1. The highest BCUT2D eigenvalue weighted by atomic mass is 32.2. The zero-order chi connectivity index (χ0) is 31.7. The molecule has 0 bridgehead atoms. The van der Waals surface area contributed by atoms with Gasteiger partial charge in [-0.25, -0.2) is 8.42 Å². The van der Waals surface area contributed by atoms with Crippen molar-refractivity contribution in [1.29, 1.82) is 0 Å². The van der Waals surface area contributed by atoms with Gasteiger partial charge in [0.15, 0.2) is 11.5 Å². The minimum absolute atomic E-state index is 0.0645. The second-order valence-corrected chi connectivity index (χ2v) is 12.8. The number of nitrogens with one attached hydrogen (secondary N) is 1. The zero-order valence-electron chi connectivity index (χ0n) is 26.1. The molecule has 3 aromatic carbocycles. The largest absolute Gasteiger partial charge is 0.493 e. The molecule has 0 fully saturated rings. The van der Waals surface area contributed by atoms with E-state index in [1.165, 1.54) is 37.3 Å². The van der Waals surface area contributed by atoms with E-state index in [4.69, 9.17) is 9.47 Å². The predicted molar refractivity (Wildman–Crippen MR) is 169 cm³/mol. The third-order valence-corrected chi connectivity index (χ3v) is 8.86. The molecule has 0 heterocycles. The lowest BCUT2D eigenvalue weighted by Crippen LogP contribution is -2.52. The fourth-order valence-electron chi connectivity index (χ4n) is 4.58. The summed E-state index contributed by atoms with van der Waals surface area (Å²) in [5.41, 5.74) is 3.15. The quantitative estimate of drug-likeness (QED) is 0.273. The molecule has 0 saturated carbocycles. The van der Waals surface area contributed by atoms with Crippen LogP contribution in [0.5, 0.6) is 11.5 Å². The van der Waals surface area contributed by atoms with Gasteiger partial charge in [0.25, 0.3) is 10.0 Å². The number of amides is 2. The van der Waals surface area contributed by atoms with Crippen LogP contribution in [-0.4, -0.2) is 58.5 Å². The number of anilines is 1. The second kappa shape index (κ2) is 14.9. The molecule has 3 aromatic rings. The highest BCUT2D eigenvalue weighted by Gasteiger charge is 2.34. The van der Waals surface area contributed by atoms with Crippen LogP contribution in [0.3, 0.4) is 0 Å². The van der Waals surface area contributed by atoms with E-state index in [1.807, 2.05) is 58.9 Å². The molecule has 3 rings (SSSR count). The monoisotopic (exact) mass is 609 g/mol. The van der Waals surface area contributed by atoms with Crippen molar-refractivity contribution < 1.29 is 27.5 Å². The first-order valence-electron chi connectivity index (χ1n) is 14.3. The van der Waals surface area contributed by atoms with Crippen LogP contribution in [0, 0.1) is 19.8 Å². The van der Waals surface area contributed by atoms with Crippen molar-refractivity contribution in [2.45, 2.75) is 58.5 Å². The molecular formula is C33H43N3O6S. The van der Waals surface area contributed by atoms with Gasteiger partial charge >= 0.3 is 0 Å². The van der Waals surface area contributed by atoms with Crippen molar-refractivity contribution in [2.75, 3.05) is 31.6 Å². The summed E-state index contributed by atoms with van der Waals surface area (Å²) in [6.07, 6.45) is 0.356. The second-order valence-electron chi connectivity index (χ2n) is 10.9. The zero-order valence-corrected chi connectivity index (χ0v) is 26.9.